The summed E-state index contributed by atoms with van der Waals surface area (Å²) in [5, 5.41) is 0.721. The van der Waals surface area contributed by atoms with Crippen LogP contribution in [0.1, 0.15) is 45.4 Å². The summed E-state index contributed by atoms with van der Waals surface area (Å²) in [5.74, 6) is 1.21. The Morgan fingerprint density at radius 2 is 2.04 bits per heavy atom. The third kappa shape index (κ3) is 4.52. The fraction of sp³-hybridized carbons (Fsp3) is 0.524. The van der Waals surface area contributed by atoms with E-state index in [0.717, 1.165) is 32.4 Å². The number of halogens is 3. The topological polar surface area (TPSA) is 38.1 Å². The summed E-state index contributed by atoms with van der Waals surface area (Å²) in [5.41, 5.74) is 0.313. The second kappa shape index (κ2) is 8.42. The van der Waals surface area contributed by atoms with E-state index in [4.69, 9.17) is 23.2 Å². The molecule has 1 saturated heterocycles. The van der Waals surface area contributed by atoms with Gasteiger partial charge in [0, 0.05) is 19.2 Å². The number of benzene rings is 1. The first kappa shape index (κ1) is 21.1. The minimum absolute atomic E-state index is 0.0126. The van der Waals surface area contributed by atoms with Gasteiger partial charge in [0.15, 0.2) is 0 Å². The van der Waals surface area contributed by atoms with Crippen molar-refractivity contribution in [3.8, 4) is 5.69 Å². The molecule has 1 aromatic carbocycles. The van der Waals surface area contributed by atoms with Gasteiger partial charge in [0.25, 0.3) is 5.56 Å². The lowest BCUT2D eigenvalue weighted by Gasteiger charge is -2.29. The van der Waals surface area contributed by atoms with E-state index < -0.39 is 6.17 Å². The van der Waals surface area contributed by atoms with Crippen LogP contribution in [0.25, 0.3) is 5.69 Å². The highest BCUT2D eigenvalue weighted by molar-refractivity contribution is 6.43. The molecule has 2 aromatic rings. The molecular weight excluding hydrogens is 400 g/mol. The largest absolute Gasteiger partial charge is 0.356 e. The molecule has 0 saturated carbocycles. The van der Waals surface area contributed by atoms with Gasteiger partial charge in [-0.3, -0.25) is 9.36 Å². The zero-order chi connectivity index (χ0) is 20.5. The summed E-state index contributed by atoms with van der Waals surface area (Å²) in [6.45, 7) is 7.14. The number of aromatic nitrogens is 2. The van der Waals surface area contributed by atoms with Crippen molar-refractivity contribution < 1.29 is 4.39 Å². The Labute approximate surface area is 175 Å². The summed E-state index contributed by atoms with van der Waals surface area (Å²) in [6, 6.07) is 6.73. The van der Waals surface area contributed by atoms with Crippen molar-refractivity contribution >= 4 is 29.0 Å². The highest BCUT2D eigenvalue weighted by Crippen LogP contribution is 2.37. The molecule has 1 aliphatic rings. The Morgan fingerprint density at radius 3 is 2.71 bits per heavy atom. The highest BCUT2D eigenvalue weighted by Gasteiger charge is 2.30. The van der Waals surface area contributed by atoms with E-state index in [-0.39, 0.29) is 11.0 Å². The summed E-state index contributed by atoms with van der Waals surface area (Å²) in [7, 11) is 0. The molecule has 1 aliphatic heterocycles. The Balaban J connectivity index is 1.89. The fourth-order valence-corrected chi connectivity index (χ4v) is 4.53. The molecule has 0 radical (unpaired) electrons. The van der Waals surface area contributed by atoms with Gasteiger partial charge in [-0.25, -0.2) is 9.37 Å². The predicted octanol–water partition coefficient (Wildman–Crippen LogP) is 5.59. The van der Waals surface area contributed by atoms with Crippen molar-refractivity contribution in [2.75, 3.05) is 18.0 Å². The number of rotatable bonds is 4. The lowest BCUT2D eigenvalue weighted by molar-refractivity contribution is 0.185. The Kier molecular flexibility index (Phi) is 6.35. The first-order valence-electron chi connectivity index (χ1n) is 9.64. The monoisotopic (exact) mass is 425 g/mol. The van der Waals surface area contributed by atoms with Gasteiger partial charge in [0.1, 0.15) is 11.6 Å². The van der Waals surface area contributed by atoms with Crippen LogP contribution in [0.4, 0.5) is 10.2 Å². The van der Waals surface area contributed by atoms with E-state index in [1.807, 2.05) is 0 Å². The number of anilines is 1. The third-order valence-corrected chi connectivity index (χ3v) is 6.35. The molecule has 2 heterocycles. The maximum atomic E-state index is 13.6. The number of hydrogen-bond acceptors (Lipinski definition) is 3. The van der Waals surface area contributed by atoms with Gasteiger partial charge >= 0.3 is 0 Å². The number of hydrogen-bond donors (Lipinski definition) is 0. The van der Waals surface area contributed by atoms with Gasteiger partial charge in [-0.05, 0) is 57.1 Å². The van der Waals surface area contributed by atoms with Crippen LogP contribution in [-0.2, 0) is 0 Å². The molecule has 3 rings (SSSR count). The molecule has 2 atom stereocenters. The van der Waals surface area contributed by atoms with Crippen molar-refractivity contribution in [1.29, 1.82) is 0 Å². The second-order valence-electron chi connectivity index (χ2n) is 8.04. The van der Waals surface area contributed by atoms with Gasteiger partial charge in [0.2, 0.25) is 0 Å². The number of alkyl halides is 1. The lowest BCUT2D eigenvalue weighted by Crippen LogP contribution is -2.30. The minimum atomic E-state index is -0.803. The standard InChI is InChI=1S/C21H26Cl2FN3O/c1-14(24)13-21(3)8-5-10-26(11-9-21)18-12-19(28)27(15(2)25-18)17-7-4-6-16(22)20(17)23/h4,6-7,12,14H,5,8-11,13H2,1-3H3/t14?,21-/m0/s1. The minimum Gasteiger partial charge on any atom is -0.356 e. The van der Waals surface area contributed by atoms with Gasteiger partial charge < -0.3 is 4.90 Å². The van der Waals surface area contributed by atoms with Gasteiger partial charge in [0.05, 0.1) is 21.9 Å². The molecular formula is C21H26Cl2FN3O. The van der Waals surface area contributed by atoms with Crippen LogP contribution in [-0.4, -0.2) is 28.8 Å². The first-order valence-corrected chi connectivity index (χ1v) is 10.4. The molecule has 0 aliphatic carbocycles. The SMILES string of the molecule is Cc1nc(N2CCC[C@](C)(CC(C)F)CC2)cc(=O)n1-c1cccc(Cl)c1Cl. The van der Waals surface area contributed by atoms with E-state index in [1.165, 1.54) is 4.57 Å². The molecule has 1 aromatic heterocycles. The van der Waals surface area contributed by atoms with Crippen LogP contribution in [0.15, 0.2) is 29.1 Å². The molecule has 0 bridgehead atoms. The molecule has 7 heteroatoms. The van der Waals surface area contributed by atoms with Crippen molar-refractivity contribution in [2.45, 2.75) is 52.6 Å². The van der Waals surface area contributed by atoms with Gasteiger partial charge in [-0.1, -0.05) is 36.2 Å². The highest BCUT2D eigenvalue weighted by atomic mass is 35.5. The molecule has 1 unspecified atom stereocenters. The third-order valence-electron chi connectivity index (χ3n) is 5.54. The number of nitrogens with zero attached hydrogens (tertiary/aromatic N) is 3. The predicted molar refractivity (Wildman–Crippen MR) is 114 cm³/mol. The van der Waals surface area contributed by atoms with Crippen molar-refractivity contribution in [2.24, 2.45) is 5.41 Å². The molecule has 28 heavy (non-hydrogen) atoms. The van der Waals surface area contributed by atoms with Crippen molar-refractivity contribution in [3.05, 3.63) is 50.5 Å². The molecule has 4 nitrogen and oxygen atoms in total. The van der Waals surface area contributed by atoms with Crippen LogP contribution in [0.3, 0.4) is 0 Å². The molecule has 152 valence electrons. The first-order chi connectivity index (χ1) is 13.2. The van der Waals surface area contributed by atoms with Crippen LogP contribution >= 0.6 is 23.2 Å². The Morgan fingerprint density at radius 1 is 1.29 bits per heavy atom. The Hall–Kier alpha value is -1.59. The summed E-state index contributed by atoms with van der Waals surface area (Å²) >= 11 is 12.4. The van der Waals surface area contributed by atoms with E-state index in [2.05, 4.69) is 16.8 Å². The molecule has 0 spiro atoms. The van der Waals surface area contributed by atoms with E-state index in [9.17, 15) is 9.18 Å². The summed E-state index contributed by atoms with van der Waals surface area (Å²) in [6.07, 6.45) is 2.58. The van der Waals surface area contributed by atoms with E-state index in [0.29, 0.717) is 33.8 Å². The van der Waals surface area contributed by atoms with E-state index in [1.54, 1.807) is 38.1 Å². The summed E-state index contributed by atoms with van der Waals surface area (Å²) in [4.78, 5) is 19.7. The average molecular weight is 426 g/mol. The number of aryl methyl sites for hydroxylation is 1. The second-order valence-corrected chi connectivity index (χ2v) is 8.83. The quantitative estimate of drug-likeness (QED) is 0.640. The maximum Gasteiger partial charge on any atom is 0.260 e. The van der Waals surface area contributed by atoms with Crippen LogP contribution in [0.5, 0.6) is 0 Å². The fourth-order valence-electron chi connectivity index (χ4n) is 4.15. The van der Waals surface area contributed by atoms with Gasteiger partial charge in [-0.15, -0.1) is 0 Å². The Bertz CT molecular complexity index is 915. The molecule has 0 N–H and O–H groups in total. The van der Waals surface area contributed by atoms with E-state index >= 15 is 0 Å². The zero-order valence-electron chi connectivity index (χ0n) is 16.5. The van der Waals surface area contributed by atoms with Crippen LogP contribution in [0.2, 0.25) is 10.0 Å². The van der Waals surface area contributed by atoms with Crippen molar-refractivity contribution in [3.63, 3.8) is 0 Å². The molecule has 1 fully saturated rings. The molecule has 0 amide bonds. The maximum absolute atomic E-state index is 13.6. The zero-order valence-corrected chi connectivity index (χ0v) is 18.0. The normalized spacial score (nSPS) is 21.4. The van der Waals surface area contributed by atoms with Crippen LogP contribution < -0.4 is 10.5 Å². The average Bonchev–Trinajstić information content (AvgIpc) is 2.79. The smallest absolute Gasteiger partial charge is 0.260 e. The van der Waals surface area contributed by atoms with Gasteiger partial charge in [-0.2, -0.15) is 0 Å². The lowest BCUT2D eigenvalue weighted by atomic mass is 9.78. The van der Waals surface area contributed by atoms with Crippen molar-refractivity contribution in [1.82, 2.24) is 9.55 Å². The van der Waals surface area contributed by atoms with Crippen LogP contribution in [0, 0.1) is 12.3 Å². The summed E-state index contributed by atoms with van der Waals surface area (Å²) < 4.78 is 15.0.